The summed E-state index contributed by atoms with van der Waals surface area (Å²) in [6, 6.07) is 4.01. The molecule has 0 amide bonds. The lowest BCUT2D eigenvalue weighted by Crippen LogP contribution is -2.15. The van der Waals surface area contributed by atoms with Gasteiger partial charge in [-0.25, -0.2) is 0 Å². The molecule has 0 radical (unpaired) electrons. The minimum Gasteiger partial charge on any atom is -0.454 e. The Kier molecular flexibility index (Phi) is 4.01. The fourth-order valence-corrected chi connectivity index (χ4v) is 2.27. The Bertz CT molecular complexity index is 618. The number of nitrogens with zero attached hydrogens (tertiary/aromatic N) is 3. The van der Waals surface area contributed by atoms with E-state index in [0.29, 0.717) is 0 Å². The largest absolute Gasteiger partial charge is 0.454 e. The van der Waals surface area contributed by atoms with Gasteiger partial charge in [0.1, 0.15) is 0 Å². The number of fused-ring (bicyclic) bond motifs is 1. The number of hydrogen-bond acceptors (Lipinski definition) is 5. The van der Waals surface area contributed by atoms with E-state index in [9.17, 15) is 0 Å². The van der Waals surface area contributed by atoms with Gasteiger partial charge in [-0.3, -0.25) is 9.98 Å². The van der Waals surface area contributed by atoms with Crippen molar-refractivity contribution in [2.75, 3.05) is 27.4 Å². The molecule has 0 bridgehead atoms. The molecule has 0 saturated heterocycles. The third kappa shape index (κ3) is 3.31. The van der Waals surface area contributed by atoms with Crippen molar-refractivity contribution in [1.29, 1.82) is 0 Å². The molecule has 2 aliphatic heterocycles. The molecule has 0 fully saturated rings. The lowest BCUT2D eigenvalue weighted by atomic mass is 10.1. The van der Waals surface area contributed by atoms with Crippen LogP contribution in [0.1, 0.15) is 12.0 Å². The van der Waals surface area contributed by atoms with Gasteiger partial charge in [-0.05, 0) is 32.1 Å². The topological polar surface area (TPSA) is 46.4 Å². The van der Waals surface area contributed by atoms with Crippen molar-refractivity contribution in [3.63, 3.8) is 0 Å². The van der Waals surface area contributed by atoms with E-state index >= 15 is 0 Å². The van der Waals surface area contributed by atoms with Crippen LogP contribution in [0.15, 0.2) is 34.4 Å². The average Bonchev–Trinajstić information content (AvgIpc) is 2.93. The van der Waals surface area contributed by atoms with E-state index in [2.05, 4.69) is 24.0 Å². The van der Waals surface area contributed by atoms with Crippen LogP contribution in [0.5, 0.6) is 11.5 Å². The SMILES string of the molecule is CN(C)CCc1cc2c(cc1N=C1C=NC=CC1)OCO2. The molecule has 0 unspecified atom stereocenters. The van der Waals surface area contributed by atoms with Crippen LogP contribution in [0.3, 0.4) is 0 Å². The summed E-state index contributed by atoms with van der Waals surface area (Å²) >= 11 is 0. The van der Waals surface area contributed by atoms with Gasteiger partial charge in [0.15, 0.2) is 11.5 Å². The number of rotatable bonds is 4. The molecule has 0 aliphatic carbocycles. The zero-order valence-corrected chi connectivity index (χ0v) is 12.4. The first-order valence-electron chi connectivity index (χ1n) is 7.05. The van der Waals surface area contributed by atoms with Crippen molar-refractivity contribution in [2.24, 2.45) is 9.98 Å². The van der Waals surface area contributed by atoms with Crippen LogP contribution in [-0.2, 0) is 6.42 Å². The minimum atomic E-state index is 0.284. The molecule has 0 atom stereocenters. The Labute approximate surface area is 124 Å². The third-order valence-electron chi connectivity index (χ3n) is 3.41. The van der Waals surface area contributed by atoms with Crippen molar-refractivity contribution in [2.45, 2.75) is 12.8 Å². The Morgan fingerprint density at radius 3 is 2.76 bits per heavy atom. The molecule has 0 saturated carbocycles. The van der Waals surface area contributed by atoms with Crippen LogP contribution in [-0.4, -0.2) is 44.3 Å². The van der Waals surface area contributed by atoms with Gasteiger partial charge in [-0.1, -0.05) is 6.08 Å². The van der Waals surface area contributed by atoms with E-state index in [0.717, 1.165) is 42.3 Å². The van der Waals surface area contributed by atoms with Gasteiger partial charge in [0.05, 0.1) is 11.4 Å². The predicted molar refractivity (Wildman–Crippen MR) is 84.2 cm³/mol. The van der Waals surface area contributed by atoms with Gasteiger partial charge < -0.3 is 14.4 Å². The van der Waals surface area contributed by atoms with Crippen molar-refractivity contribution in [3.8, 4) is 11.5 Å². The molecular weight excluding hydrogens is 266 g/mol. The van der Waals surface area contributed by atoms with Crippen molar-refractivity contribution < 1.29 is 9.47 Å². The summed E-state index contributed by atoms with van der Waals surface area (Å²) in [5.74, 6) is 1.58. The second-order valence-electron chi connectivity index (χ2n) is 5.36. The standard InChI is InChI=1S/C16H19N3O2/c1-19(2)7-5-12-8-15-16(21-11-20-15)9-14(12)18-13-4-3-6-17-10-13/h3,6,8-10H,4-5,7,11H2,1-2H3. The number of hydrogen-bond donors (Lipinski definition) is 0. The predicted octanol–water partition coefficient (Wildman–Crippen LogP) is 2.58. The highest BCUT2D eigenvalue weighted by Crippen LogP contribution is 2.38. The van der Waals surface area contributed by atoms with Crippen molar-refractivity contribution in [3.05, 3.63) is 30.0 Å². The molecule has 1 aromatic rings. The van der Waals surface area contributed by atoms with E-state index in [1.807, 2.05) is 18.2 Å². The Morgan fingerprint density at radius 2 is 2.05 bits per heavy atom. The molecule has 2 aliphatic rings. The normalized spacial score (nSPS) is 18.0. The maximum atomic E-state index is 5.47. The maximum absolute atomic E-state index is 5.47. The molecular formula is C16H19N3O2. The molecule has 0 N–H and O–H groups in total. The Morgan fingerprint density at radius 1 is 1.24 bits per heavy atom. The van der Waals surface area contributed by atoms with E-state index in [1.165, 1.54) is 5.56 Å². The summed E-state index contributed by atoms with van der Waals surface area (Å²) in [5, 5.41) is 0. The van der Waals surface area contributed by atoms with Gasteiger partial charge >= 0.3 is 0 Å². The Balaban J connectivity index is 1.92. The summed E-state index contributed by atoms with van der Waals surface area (Å²) in [7, 11) is 4.13. The summed E-state index contributed by atoms with van der Waals surface area (Å²) < 4.78 is 10.9. The summed E-state index contributed by atoms with van der Waals surface area (Å²) in [5.41, 5.74) is 3.07. The molecule has 0 aromatic heterocycles. The van der Waals surface area contributed by atoms with Crippen LogP contribution in [0, 0.1) is 0 Å². The zero-order chi connectivity index (χ0) is 14.7. The first kappa shape index (κ1) is 13.8. The van der Waals surface area contributed by atoms with Crippen molar-refractivity contribution in [1.82, 2.24) is 4.90 Å². The fourth-order valence-electron chi connectivity index (χ4n) is 2.27. The molecule has 21 heavy (non-hydrogen) atoms. The average molecular weight is 285 g/mol. The molecule has 110 valence electrons. The second kappa shape index (κ2) is 6.10. The van der Waals surface area contributed by atoms with E-state index in [-0.39, 0.29) is 6.79 Å². The van der Waals surface area contributed by atoms with Crippen LogP contribution in [0.25, 0.3) is 0 Å². The van der Waals surface area contributed by atoms with Crippen LogP contribution < -0.4 is 9.47 Å². The van der Waals surface area contributed by atoms with Gasteiger partial charge in [0.25, 0.3) is 0 Å². The monoisotopic (exact) mass is 285 g/mol. The molecule has 5 nitrogen and oxygen atoms in total. The minimum absolute atomic E-state index is 0.284. The van der Waals surface area contributed by atoms with Gasteiger partial charge in [-0.15, -0.1) is 0 Å². The fraction of sp³-hybridized carbons (Fsp3) is 0.375. The highest BCUT2D eigenvalue weighted by Gasteiger charge is 2.17. The van der Waals surface area contributed by atoms with Crippen LogP contribution in [0.2, 0.25) is 0 Å². The highest BCUT2D eigenvalue weighted by atomic mass is 16.7. The van der Waals surface area contributed by atoms with Crippen LogP contribution in [0.4, 0.5) is 5.69 Å². The first-order valence-corrected chi connectivity index (χ1v) is 7.05. The maximum Gasteiger partial charge on any atom is 0.231 e. The number of aliphatic imine (C=N–C) groups is 2. The third-order valence-corrected chi connectivity index (χ3v) is 3.41. The smallest absolute Gasteiger partial charge is 0.231 e. The Hall–Kier alpha value is -2.14. The lowest BCUT2D eigenvalue weighted by Gasteiger charge is -2.12. The summed E-state index contributed by atoms with van der Waals surface area (Å²) in [4.78, 5) is 11.0. The van der Waals surface area contributed by atoms with Gasteiger partial charge in [-0.2, -0.15) is 0 Å². The summed E-state index contributed by atoms with van der Waals surface area (Å²) in [6.45, 7) is 1.25. The molecule has 2 heterocycles. The zero-order valence-electron chi connectivity index (χ0n) is 12.4. The van der Waals surface area contributed by atoms with Gasteiger partial charge in [0, 0.05) is 31.4 Å². The van der Waals surface area contributed by atoms with E-state index in [1.54, 1.807) is 12.4 Å². The van der Waals surface area contributed by atoms with E-state index in [4.69, 9.17) is 14.5 Å². The second-order valence-corrected chi connectivity index (χ2v) is 5.36. The molecule has 1 aromatic carbocycles. The van der Waals surface area contributed by atoms with E-state index < -0.39 is 0 Å². The summed E-state index contributed by atoms with van der Waals surface area (Å²) in [6.07, 6.45) is 7.34. The lowest BCUT2D eigenvalue weighted by molar-refractivity contribution is 0.174. The highest BCUT2D eigenvalue weighted by molar-refractivity contribution is 6.32. The number of benzene rings is 1. The molecule has 0 spiro atoms. The first-order chi connectivity index (χ1) is 10.2. The number of likely N-dealkylation sites (N-methyl/N-ethyl adjacent to an activating group) is 1. The number of ether oxygens (including phenoxy) is 2. The molecule has 3 rings (SSSR count). The quantitative estimate of drug-likeness (QED) is 0.854. The van der Waals surface area contributed by atoms with Crippen LogP contribution >= 0.6 is 0 Å². The van der Waals surface area contributed by atoms with Crippen molar-refractivity contribution >= 4 is 17.6 Å². The molecule has 5 heteroatoms. The number of allylic oxidation sites excluding steroid dienone is 1. The van der Waals surface area contributed by atoms with Gasteiger partial charge in [0.2, 0.25) is 6.79 Å².